The molecule has 1 aliphatic heterocycles. The zero-order valence-electron chi connectivity index (χ0n) is 13.8. The summed E-state index contributed by atoms with van der Waals surface area (Å²) in [5.74, 6) is 0.293. The molecule has 2 N–H and O–H groups in total. The van der Waals surface area contributed by atoms with Crippen molar-refractivity contribution in [1.29, 1.82) is 0 Å². The summed E-state index contributed by atoms with van der Waals surface area (Å²) in [7, 11) is 0. The van der Waals surface area contributed by atoms with E-state index in [4.69, 9.17) is 9.15 Å². The lowest BCUT2D eigenvalue weighted by Crippen LogP contribution is -2.44. The average molecular weight is 308 g/mol. The topological polar surface area (TPSA) is 79.9 Å². The van der Waals surface area contributed by atoms with E-state index in [9.17, 15) is 15.0 Å². The predicted octanol–water partition coefficient (Wildman–Crippen LogP) is 2.75. The summed E-state index contributed by atoms with van der Waals surface area (Å²) in [5.41, 5.74) is -0.794. The van der Waals surface area contributed by atoms with Crippen LogP contribution in [-0.2, 0) is 16.9 Å². The standard InChI is InChI=1S/C17H24O5/c1-6-9(2)7-10(3)14-17(5,20)15-12(8-21-14)13(18)11(4)16(19)22-15/h7,9,14,18,20H,6,8H2,1-5H3/b10-7+/t9-,14-,17+/m0/s1. The highest BCUT2D eigenvalue weighted by Crippen LogP contribution is 2.41. The van der Waals surface area contributed by atoms with Crippen molar-refractivity contribution in [3.63, 3.8) is 0 Å². The summed E-state index contributed by atoms with van der Waals surface area (Å²) >= 11 is 0. The number of ether oxygens (including phenoxy) is 1. The van der Waals surface area contributed by atoms with Crippen LogP contribution in [0.1, 0.15) is 51.0 Å². The van der Waals surface area contributed by atoms with Crippen molar-refractivity contribution in [2.24, 2.45) is 5.92 Å². The van der Waals surface area contributed by atoms with E-state index in [0.717, 1.165) is 12.0 Å². The summed E-state index contributed by atoms with van der Waals surface area (Å²) in [5, 5.41) is 21.0. The Kier molecular flexibility index (Phi) is 4.49. The molecule has 0 saturated heterocycles. The minimum atomic E-state index is -1.51. The van der Waals surface area contributed by atoms with Gasteiger partial charge >= 0.3 is 5.63 Å². The van der Waals surface area contributed by atoms with Crippen LogP contribution in [0.2, 0.25) is 0 Å². The molecule has 22 heavy (non-hydrogen) atoms. The number of hydrogen-bond donors (Lipinski definition) is 2. The van der Waals surface area contributed by atoms with Gasteiger partial charge in [0.15, 0.2) is 5.76 Å². The van der Waals surface area contributed by atoms with Gasteiger partial charge in [-0.2, -0.15) is 0 Å². The molecule has 5 heteroatoms. The molecular weight excluding hydrogens is 284 g/mol. The molecule has 0 spiro atoms. The first kappa shape index (κ1) is 16.8. The Bertz CT molecular complexity index is 654. The fourth-order valence-corrected chi connectivity index (χ4v) is 2.88. The van der Waals surface area contributed by atoms with Gasteiger partial charge < -0.3 is 19.4 Å². The summed E-state index contributed by atoms with van der Waals surface area (Å²) < 4.78 is 11.0. The summed E-state index contributed by atoms with van der Waals surface area (Å²) in [6.07, 6.45) is 2.42. The van der Waals surface area contributed by atoms with Gasteiger partial charge in [0.2, 0.25) is 0 Å². The van der Waals surface area contributed by atoms with Crippen molar-refractivity contribution in [2.45, 2.75) is 59.4 Å². The molecule has 1 aromatic heterocycles. The van der Waals surface area contributed by atoms with E-state index in [0.29, 0.717) is 11.5 Å². The summed E-state index contributed by atoms with van der Waals surface area (Å²) in [6, 6.07) is 0. The highest BCUT2D eigenvalue weighted by atomic mass is 16.5. The lowest BCUT2D eigenvalue weighted by atomic mass is 9.84. The molecule has 1 aliphatic rings. The third-order valence-corrected chi connectivity index (χ3v) is 4.39. The van der Waals surface area contributed by atoms with Gasteiger partial charge in [0.05, 0.1) is 17.7 Å². The van der Waals surface area contributed by atoms with Gasteiger partial charge in [-0.15, -0.1) is 0 Å². The number of aliphatic hydroxyl groups is 1. The monoisotopic (exact) mass is 308 g/mol. The Morgan fingerprint density at radius 3 is 2.77 bits per heavy atom. The van der Waals surface area contributed by atoms with Crippen molar-refractivity contribution in [3.05, 3.63) is 39.0 Å². The Morgan fingerprint density at radius 1 is 1.55 bits per heavy atom. The maximum atomic E-state index is 11.8. The van der Waals surface area contributed by atoms with Crippen LogP contribution in [-0.4, -0.2) is 16.3 Å². The van der Waals surface area contributed by atoms with Crippen LogP contribution < -0.4 is 5.63 Å². The minimum Gasteiger partial charge on any atom is -0.507 e. The van der Waals surface area contributed by atoms with E-state index in [2.05, 4.69) is 19.9 Å². The van der Waals surface area contributed by atoms with Crippen LogP contribution in [0.25, 0.3) is 0 Å². The van der Waals surface area contributed by atoms with Crippen molar-refractivity contribution < 1.29 is 19.4 Å². The molecule has 0 bridgehead atoms. The molecule has 0 aliphatic carbocycles. The molecule has 2 heterocycles. The number of aromatic hydroxyl groups is 1. The van der Waals surface area contributed by atoms with E-state index in [1.165, 1.54) is 6.92 Å². The number of fused-ring (bicyclic) bond motifs is 1. The zero-order valence-corrected chi connectivity index (χ0v) is 13.8. The van der Waals surface area contributed by atoms with Crippen LogP contribution in [0.5, 0.6) is 5.75 Å². The van der Waals surface area contributed by atoms with Crippen molar-refractivity contribution in [1.82, 2.24) is 0 Å². The summed E-state index contributed by atoms with van der Waals surface area (Å²) in [6.45, 7) is 9.19. The highest BCUT2D eigenvalue weighted by molar-refractivity contribution is 5.43. The molecule has 0 aromatic carbocycles. The number of allylic oxidation sites excluding steroid dienone is 1. The van der Waals surface area contributed by atoms with E-state index in [1.807, 2.05) is 6.92 Å². The first-order chi connectivity index (χ1) is 10.2. The summed E-state index contributed by atoms with van der Waals surface area (Å²) in [4.78, 5) is 11.8. The Hall–Kier alpha value is -1.59. The number of hydrogen-bond acceptors (Lipinski definition) is 5. The molecule has 0 fully saturated rings. The SMILES string of the molecule is CC[C@H](C)/C=C(\C)[C@@H]1OCc2c(oc(=O)c(C)c2O)[C@]1(C)O. The fourth-order valence-electron chi connectivity index (χ4n) is 2.88. The van der Waals surface area contributed by atoms with Crippen molar-refractivity contribution >= 4 is 0 Å². The first-order valence-electron chi connectivity index (χ1n) is 7.58. The molecule has 2 rings (SSSR count). The molecule has 0 amide bonds. The van der Waals surface area contributed by atoms with Crippen molar-refractivity contribution in [3.8, 4) is 5.75 Å². The molecular formula is C17H24O5. The van der Waals surface area contributed by atoms with E-state index < -0.39 is 17.3 Å². The quantitative estimate of drug-likeness (QED) is 0.839. The first-order valence-corrected chi connectivity index (χ1v) is 7.58. The van der Waals surface area contributed by atoms with E-state index in [1.54, 1.807) is 6.92 Å². The van der Waals surface area contributed by atoms with Gasteiger partial charge in [-0.3, -0.25) is 0 Å². The maximum Gasteiger partial charge on any atom is 0.342 e. The normalized spacial score (nSPS) is 26.6. The van der Waals surface area contributed by atoms with Crippen LogP contribution >= 0.6 is 0 Å². The van der Waals surface area contributed by atoms with Gasteiger partial charge in [-0.05, 0) is 32.3 Å². The van der Waals surface area contributed by atoms with Crippen LogP contribution in [0, 0.1) is 12.8 Å². The second-order valence-electron chi connectivity index (χ2n) is 6.31. The van der Waals surface area contributed by atoms with Crippen LogP contribution in [0.4, 0.5) is 0 Å². The average Bonchev–Trinajstić information content (AvgIpc) is 2.45. The van der Waals surface area contributed by atoms with Gasteiger partial charge in [0.1, 0.15) is 17.5 Å². The third-order valence-electron chi connectivity index (χ3n) is 4.39. The van der Waals surface area contributed by atoms with Crippen LogP contribution in [0.3, 0.4) is 0 Å². The lowest BCUT2D eigenvalue weighted by molar-refractivity contribution is -0.122. The van der Waals surface area contributed by atoms with E-state index in [-0.39, 0.29) is 23.7 Å². The largest absolute Gasteiger partial charge is 0.507 e. The second-order valence-corrected chi connectivity index (χ2v) is 6.31. The smallest absolute Gasteiger partial charge is 0.342 e. The molecule has 122 valence electrons. The zero-order chi connectivity index (χ0) is 16.7. The Balaban J connectivity index is 2.51. The molecule has 1 aromatic rings. The molecule has 0 radical (unpaired) electrons. The minimum absolute atomic E-state index is 0.0914. The molecule has 3 atom stereocenters. The predicted molar refractivity (Wildman–Crippen MR) is 82.7 cm³/mol. The van der Waals surface area contributed by atoms with Gasteiger partial charge in [0, 0.05) is 0 Å². The molecule has 0 unspecified atom stereocenters. The fraction of sp³-hybridized carbons (Fsp3) is 0.588. The highest BCUT2D eigenvalue weighted by Gasteiger charge is 2.45. The maximum absolute atomic E-state index is 11.8. The number of rotatable bonds is 3. The van der Waals surface area contributed by atoms with Gasteiger partial charge in [-0.25, -0.2) is 4.79 Å². The van der Waals surface area contributed by atoms with Gasteiger partial charge in [-0.1, -0.05) is 26.3 Å². The third kappa shape index (κ3) is 2.71. The molecule has 0 saturated carbocycles. The Morgan fingerprint density at radius 2 is 2.18 bits per heavy atom. The van der Waals surface area contributed by atoms with Crippen molar-refractivity contribution in [2.75, 3.05) is 0 Å². The lowest BCUT2D eigenvalue weighted by Gasteiger charge is -2.38. The van der Waals surface area contributed by atoms with E-state index >= 15 is 0 Å². The Labute approximate surface area is 130 Å². The van der Waals surface area contributed by atoms with Gasteiger partial charge in [0.25, 0.3) is 0 Å². The second kappa shape index (κ2) is 5.89. The van der Waals surface area contributed by atoms with Crippen LogP contribution in [0.15, 0.2) is 20.9 Å². The molecule has 5 nitrogen and oxygen atoms in total.